The second-order valence-corrected chi connectivity index (χ2v) is 13.5. The van der Waals surface area contributed by atoms with Crippen molar-refractivity contribution in [1.29, 1.82) is 0 Å². The predicted molar refractivity (Wildman–Crippen MR) is 168 cm³/mol. The lowest BCUT2D eigenvalue weighted by Crippen LogP contribution is -2.55. The van der Waals surface area contributed by atoms with Gasteiger partial charge in [0.2, 0.25) is 0 Å². The van der Waals surface area contributed by atoms with Crippen molar-refractivity contribution in [3.8, 4) is 23.0 Å². The first kappa shape index (κ1) is 33.8. The molecule has 4 fully saturated rings. The number of rotatable bonds is 9. The molecule has 0 saturated carbocycles. The summed E-state index contributed by atoms with van der Waals surface area (Å²) in [5, 5.41) is 19.1. The van der Waals surface area contributed by atoms with Gasteiger partial charge in [-0.25, -0.2) is 9.18 Å². The van der Waals surface area contributed by atoms with Crippen LogP contribution in [0.15, 0.2) is 18.3 Å². The summed E-state index contributed by atoms with van der Waals surface area (Å²) >= 11 is 6.10. The number of anilines is 1. The van der Waals surface area contributed by atoms with Crippen molar-refractivity contribution in [3.05, 3.63) is 34.7 Å². The standard InChI is InChI=1S/C32H35ClF4N6O6/c1-47-16-49-20-9-21(24(23(33)10-20)32(35,36)37)26-25(34)27-22(11-38-26)28(41-12-17-3-4-18(13-41)43(17)30(45)46)40-29(39-27)48-15-31-6-2-8-42(31)19(14-44)5-7-31/h9-11,17-19,44H,2-8,12-16H2,1H3,(H,45,46)/t17?,18?,19-,31+/m0/s1. The Balaban J connectivity index is 1.34. The van der Waals surface area contributed by atoms with Crippen molar-refractivity contribution in [2.24, 2.45) is 0 Å². The van der Waals surface area contributed by atoms with E-state index < -0.39 is 39.9 Å². The molecule has 0 spiro atoms. The predicted octanol–water partition coefficient (Wildman–Crippen LogP) is 5.18. The van der Waals surface area contributed by atoms with Crippen LogP contribution in [-0.4, -0.2) is 111 Å². The number of nitrogens with zero attached hydrogens (tertiary/aromatic N) is 6. The van der Waals surface area contributed by atoms with Gasteiger partial charge < -0.3 is 29.3 Å². The molecule has 4 aliphatic rings. The summed E-state index contributed by atoms with van der Waals surface area (Å²) in [7, 11) is 1.34. The molecular formula is C32H35ClF4N6O6. The average molecular weight is 711 g/mol. The van der Waals surface area contributed by atoms with Crippen LogP contribution in [0.4, 0.5) is 28.2 Å². The topological polar surface area (TPSA) is 134 Å². The van der Waals surface area contributed by atoms with Crippen LogP contribution in [0.3, 0.4) is 0 Å². The van der Waals surface area contributed by atoms with Gasteiger partial charge in [-0.3, -0.25) is 14.8 Å². The molecule has 1 aromatic carbocycles. The van der Waals surface area contributed by atoms with Crippen molar-refractivity contribution in [2.75, 3.05) is 51.7 Å². The monoisotopic (exact) mass is 710 g/mol. The number of halogens is 5. The Kier molecular flexibility index (Phi) is 8.86. The lowest BCUT2D eigenvalue weighted by atomic mass is 9.95. The number of amides is 1. The van der Waals surface area contributed by atoms with Crippen molar-refractivity contribution < 1.29 is 46.8 Å². The highest BCUT2D eigenvalue weighted by atomic mass is 35.5. The average Bonchev–Trinajstić information content (AvgIpc) is 3.71. The first-order valence-corrected chi connectivity index (χ1v) is 16.5. The zero-order chi connectivity index (χ0) is 34.7. The second kappa shape index (κ2) is 12.9. The van der Waals surface area contributed by atoms with Crippen molar-refractivity contribution in [3.63, 3.8) is 0 Å². The molecule has 7 rings (SSSR count). The molecule has 4 atom stereocenters. The summed E-state index contributed by atoms with van der Waals surface area (Å²) in [6.07, 6.45) is -0.164. The third-order valence-corrected chi connectivity index (χ3v) is 10.6. The van der Waals surface area contributed by atoms with E-state index in [1.165, 1.54) is 18.2 Å². The van der Waals surface area contributed by atoms with Crippen LogP contribution in [0.1, 0.15) is 44.1 Å². The molecule has 2 N–H and O–H groups in total. The molecule has 1 amide bonds. The molecule has 49 heavy (non-hydrogen) atoms. The molecule has 2 aromatic heterocycles. The van der Waals surface area contributed by atoms with E-state index in [1.807, 2.05) is 4.90 Å². The van der Waals surface area contributed by atoms with Crippen molar-refractivity contribution in [1.82, 2.24) is 24.8 Å². The second-order valence-electron chi connectivity index (χ2n) is 13.1. The molecule has 0 radical (unpaired) electrons. The number of piperazine rings is 1. The fraction of sp³-hybridized carbons (Fsp3) is 0.562. The lowest BCUT2D eigenvalue weighted by Gasteiger charge is -2.40. The molecular weight excluding hydrogens is 676 g/mol. The number of ether oxygens (including phenoxy) is 3. The SMILES string of the molecule is COCOc1cc(Cl)c(C(F)(F)F)c(-c2ncc3c(N4CC5CCC(C4)N5C(=O)O)nc(OC[C@]45CCCN4[C@H](CO)CC5)nc3c2F)c1. The number of carboxylic acid groups (broad SMARTS) is 1. The summed E-state index contributed by atoms with van der Waals surface area (Å²) in [6, 6.07) is 1.15. The Hall–Kier alpha value is -3.73. The zero-order valence-electron chi connectivity index (χ0n) is 26.5. The number of aliphatic hydroxyl groups is 1. The largest absolute Gasteiger partial charge is 0.467 e. The number of aromatic nitrogens is 3. The highest BCUT2D eigenvalue weighted by Gasteiger charge is 2.50. The molecule has 12 nitrogen and oxygen atoms in total. The van der Waals surface area contributed by atoms with Gasteiger partial charge in [-0.2, -0.15) is 23.1 Å². The number of carbonyl (C=O) groups is 1. The van der Waals surface area contributed by atoms with E-state index in [2.05, 4.69) is 19.9 Å². The third-order valence-electron chi connectivity index (χ3n) is 10.3. The Morgan fingerprint density at radius 2 is 1.88 bits per heavy atom. The Bertz CT molecular complexity index is 1760. The first-order chi connectivity index (χ1) is 23.4. The number of hydrogen-bond acceptors (Lipinski definition) is 10. The van der Waals surface area contributed by atoms with Gasteiger partial charge >= 0.3 is 18.3 Å². The van der Waals surface area contributed by atoms with Crippen LogP contribution in [0.25, 0.3) is 22.2 Å². The van der Waals surface area contributed by atoms with Gasteiger partial charge in [-0.05, 0) is 57.2 Å². The quantitative estimate of drug-likeness (QED) is 0.225. The molecule has 264 valence electrons. The minimum absolute atomic E-state index is 0.00421. The van der Waals surface area contributed by atoms with E-state index in [-0.39, 0.29) is 85.2 Å². The molecule has 4 saturated heterocycles. The molecule has 3 aromatic rings. The summed E-state index contributed by atoms with van der Waals surface area (Å²) in [5.41, 5.74) is -3.27. The molecule has 0 aliphatic carbocycles. The number of pyridine rings is 1. The number of fused-ring (bicyclic) bond motifs is 4. The van der Waals surface area contributed by atoms with Crippen LogP contribution >= 0.6 is 11.6 Å². The maximum absolute atomic E-state index is 16.7. The molecule has 6 heterocycles. The van der Waals surface area contributed by atoms with Gasteiger partial charge in [0, 0.05) is 38.0 Å². The van der Waals surface area contributed by atoms with E-state index >= 15 is 4.39 Å². The summed E-state index contributed by atoms with van der Waals surface area (Å²) in [6.45, 7) is 1.22. The van der Waals surface area contributed by atoms with Gasteiger partial charge in [0.05, 0.1) is 40.2 Å². The summed E-state index contributed by atoms with van der Waals surface area (Å²) < 4.78 is 76.2. The van der Waals surface area contributed by atoms with E-state index in [1.54, 1.807) is 0 Å². The van der Waals surface area contributed by atoms with Gasteiger partial charge in [0.25, 0.3) is 0 Å². The van der Waals surface area contributed by atoms with Crippen LogP contribution < -0.4 is 14.4 Å². The van der Waals surface area contributed by atoms with Gasteiger partial charge in [0.15, 0.2) is 12.6 Å². The number of hydrogen-bond donors (Lipinski definition) is 2. The van der Waals surface area contributed by atoms with Crippen LogP contribution in [0.5, 0.6) is 11.8 Å². The molecule has 4 aliphatic heterocycles. The highest BCUT2D eigenvalue weighted by molar-refractivity contribution is 6.32. The molecule has 17 heteroatoms. The third kappa shape index (κ3) is 5.95. The van der Waals surface area contributed by atoms with E-state index in [0.29, 0.717) is 12.8 Å². The maximum atomic E-state index is 16.7. The number of methoxy groups -OCH3 is 1. The minimum Gasteiger partial charge on any atom is -0.467 e. The molecule has 2 bridgehead atoms. The number of alkyl halides is 3. The number of aliphatic hydroxyl groups excluding tert-OH is 1. The fourth-order valence-corrected chi connectivity index (χ4v) is 8.49. The van der Waals surface area contributed by atoms with Crippen LogP contribution in [0.2, 0.25) is 5.02 Å². The first-order valence-electron chi connectivity index (χ1n) is 16.1. The highest BCUT2D eigenvalue weighted by Crippen LogP contribution is 2.46. The Morgan fingerprint density at radius 1 is 1.12 bits per heavy atom. The summed E-state index contributed by atoms with van der Waals surface area (Å²) in [4.78, 5) is 30.7. The lowest BCUT2D eigenvalue weighted by molar-refractivity contribution is -0.137. The summed E-state index contributed by atoms with van der Waals surface area (Å²) in [5.74, 6) is -0.995. The van der Waals surface area contributed by atoms with E-state index in [0.717, 1.165) is 44.4 Å². The van der Waals surface area contributed by atoms with Crippen LogP contribution in [0, 0.1) is 5.82 Å². The Morgan fingerprint density at radius 3 is 2.55 bits per heavy atom. The zero-order valence-corrected chi connectivity index (χ0v) is 27.3. The van der Waals surface area contributed by atoms with Gasteiger partial charge in [-0.15, -0.1) is 0 Å². The normalized spacial score (nSPS) is 25.3. The maximum Gasteiger partial charge on any atom is 0.418 e. The van der Waals surface area contributed by atoms with Crippen molar-refractivity contribution in [2.45, 2.75) is 68.4 Å². The Labute approximate surface area is 283 Å². The van der Waals surface area contributed by atoms with Crippen LogP contribution in [-0.2, 0) is 10.9 Å². The van der Waals surface area contributed by atoms with Gasteiger partial charge in [0.1, 0.15) is 29.4 Å². The fourth-order valence-electron chi connectivity index (χ4n) is 8.18. The number of benzene rings is 1. The molecule has 2 unspecified atom stereocenters. The van der Waals surface area contributed by atoms with Crippen molar-refractivity contribution >= 4 is 34.4 Å². The van der Waals surface area contributed by atoms with E-state index in [9.17, 15) is 28.2 Å². The van der Waals surface area contributed by atoms with E-state index in [4.69, 9.17) is 25.8 Å². The van der Waals surface area contributed by atoms with Gasteiger partial charge in [-0.1, -0.05) is 11.6 Å². The smallest absolute Gasteiger partial charge is 0.418 e. The minimum atomic E-state index is -4.97.